The van der Waals surface area contributed by atoms with Crippen molar-refractivity contribution in [3.8, 4) is 5.69 Å². The molecule has 1 aromatic heterocycles. The van der Waals surface area contributed by atoms with Gasteiger partial charge in [-0.05, 0) is 31.5 Å². The summed E-state index contributed by atoms with van der Waals surface area (Å²) in [6, 6.07) is 5.88. The van der Waals surface area contributed by atoms with Crippen molar-refractivity contribution in [3.05, 3.63) is 40.7 Å². The van der Waals surface area contributed by atoms with E-state index in [4.69, 9.17) is 11.6 Å². The monoisotopic (exact) mass is 264 g/mol. The van der Waals surface area contributed by atoms with Gasteiger partial charge in [-0.1, -0.05) is 35.9 Å². The number of halogens is 1. The lowest BCUT2D eigenvalue weighted by atomic mass is 10.2. The molecule has 0 spiro atoms. The fraction of sp³-hybridized carbons (Fsp3) is 0.385. The minimum atomic E-state index is 0.718. The Morgan fingerprint density at radius 1 is 1.39 bits per heavy atom. The van der Waals surface area contributed by atoms with Crippen LogP contribution in [0.5, 0.6) is 0 Å². The van der Waals surface area contributed by atoms with E-state index >= 15 is 0 Å². The molecule has 0 bridgehead atoms. The molecule has 2 aromatic rings. The molecule has 0 aliphatic rings. The van der Waals surface area contributed by atoms with Gasteiger partial charge in [0, 0.05) is 6.54 Å². The third kappa shape index (κ3) is 2.89. The zero-order valence-electron chi connectivity index (χ0n) is 10.7. The van der Waals surface area contributed by atoms with E-state index in [0.29, 0.717) is 0 Å². The number of aromatic nitrogens is 3. The summed E-state index contributed by atoms with van der Waals surface area (Å²) in [5, 5.41) is 12.2. The van der Waals surface area contributed by atoms with Crippen molar-refractivity contribution in [3.63, 3.8) is 0 Å². The van der Waals surface area contributed by atoms with Gasteiger partial charge in [0.25, 0.3) is 0 Å². The van der Waals surface area contributed by atoms with Gasteiger partial charge in [-0.3, -0.25) is 0 Å². The number of aryl methyl sites for hydroxylation is 1. The normalized spacial score (nSPS) is 10.8. The fourth-order valence-corrected chi connectivity index (χ4v) is 1.91. The second-order valence-corrected chi connectivity index (χ2v) is 4.62. The zero-order valence-corrected chi connectivity index (χ0v) is 11.4. The van der Waals surface area contributed by atoms with Gasteiger partial charge < -0.3 is 5.32 Å². The number of nitrogens with zero attached hydrogens (tertiary/aromatic N) is 3. The van der Waals surface area contributed by atoms with E-state index in [2.05, 4.69) is 22.6 Å². The third-order valence-electron chi connectivity index (χ3n) is 2.69. The molecule has 4 nitrogen and oxygen atoms in total. The van der Waals surface area contributed by atoms with Gasteiger partial charge in [0.15, 0.2) is 0 Å². The molecular weight excluding hydrogens is 248 g/mol. The van der Waals surface area contributed by atoms with Crippen molar-refractivity contribution in [2.45, 2.75) is 26.8 Å². The molecule has 1 heterocycles. The molecule has 1 aromatic carbocycles. The highest BCUT2D eigenvalue weighted by atomic mass is 35.5. The van der Waals surface area contributed by atoms with E-state index in [1.165, 1.54) is 0 Å². The molecule has 96 valence electrons. The largest absolute Gasteiger partial charge is 0.311 e. The predicted octanol–water partition coefficient (Wildman–Crippen LogP) is 2.73. The van der Waals surface area contributed by atoms with Crippen LogP contribution in [0.2, 0.25) is 5.02 Å². The van der Waals surface area contributed by atoms with Crippen molar-refractivity contribution < 1.29 is 0 Å². The summed E-state index contributed by atoms with van der Waals surface area (Å²) < 4.78 is 1.72. The summed E-state index contributed by atoms with van der Waals surface area (Å²) in [6.45, 7) is 5.83. The maximum absolute atomic E-state index is 6.26. The summed E-state index contributed by atoms with van der Waals surface area (Å²) in [7, 11) is 0. The molecular formula is C13H17ClN4. The van der Waals surface area contributed by atoms with E-state index in [1.54, 1.807) is 4.68 Å². The first-order valence-electron chi connectivity index (χ1n) is 6.09. The Bertz CT molecular complexity index is 521. The Morgan fingerprint density at radius 2 is 2.22 bits per heavy atom. The van der Waals surface area contributed by atoms with Crippen molar-refractivity contribution in [1.82, 2.24) is 20.3 Å². The summed E-state index contributed by atoms with van der Waals surface area (Å²) in [4.78, 5) is 0. The number of benzene rings is 1. The molecule has 1 N–H and O–H groups in total. The SMILES string of the molecule is CCCNCc1cn(-c2cccc(C)c2Cl)nn1. The second-order valence-electron chi connectivity index (χ2n) is 4.24. The van der Waals surface area contributed by atoms with Crippen LogP contribution in [-0.4, -0.2) is 21.5 Å². The summed E-state index contributed by atoms with van der Waals surface area (Å²) in [6.07, 6.45) is 3.02. The summed E-state index contributed by atoms with van der Waals surface area (Å²) in [5.41, 5.74) is 2.82. The molecule has 0 unspecified atom stereocenters. The maximum Gasteiger partial charge on any atom is 0.0969 e. The maximum atomic E-state index is 6.26. The molecule has 0 aliphatic heterocycles. The van der Waals surface area contributed by atoms with Gasteiger partial charge in [0.1, 0.15) is 0 Å². The van der Waals surface area contributed by atoms with Gasteiger partial charge in [-0.25, -0.2) is 4.68 Å². The molecule has 0 radical (unpaired) electrons. The summed E-state index contributed by atoms with van der Waals surface area (Å²) >= 11 is 6.26. The molecule has 0 amide bonds. The van der Waals surface area contributed by atoms with Crippen LogP contribution in [0.25, 0.3) is 5.69 Å². The van der Waals surface area contributed by atoms with E-state index in [1.807, 2.05) is 31.3 Å². The zero-order chi connectivity index (χ0) is 13.0. The van der Waals surface area contributed by atoms with Crippen LogP contribution in [0.15, 0.2) is 24.4 Å². The van der Waals surface area contributed by atoms with Crippen molar-refractivity contribution >= 4 is 11.6 Å². The Morgan fingerprint density at radius 3 is 3.00 bits per heavy atom. The molecule has 18 heavy (non-hydrogen) atoms. The standard InChI is InChI=1S/C13H17ClN4/c1-3-7-15-8-11-9-18(17-16-11)12-6-4-5-10(2)13(12)14/h4-6,9,15H,3,7-8H2,1-2H3. The molecule has 0 fully saturated rings. The van der Waals surface area contributed by atoms with Gasteiger partial charge in [0.05, 0.1) is 22.6 Å². The van der Waals surface area contributed by atoms with E-state index in [-0.39, 0.29) is 0 Å². The van der Waals surface area contributed by atoms with Crippen molar-refractivity contribution in [1.29, 1.82) is 0 Å². The number of hydrogen-bond donors (Lipinski definition) is 1. The quantitative estimate of drug-likeness (QED) is 0.845. The third-order valence-corrected chi connectivity index (χ3v) is 3.18. The van der Waals surface area contributed by atoms with Crippen LogP contribution >= 0.6 is 11.6 Å². The van der Waals surface area contributed by atoms with Crippen LogP contribution in [-0.2, 0) is 6.54 Å². The minimum Gasteiger partial charge on any atom is -0.311 e. The number of hydrogen-bond acceptors (Lipinski definition) is 3. The first-order valence-corrected chi connectivity index (χ1v) is 6.47. The average Bonchev–Trinajstić information content (AvgIpc) is 2.82. The highest BCUT2D eigenvalue weighted by Gasteiger charge is 2.07. The van der Waals surface area contributed by atoms with Gasteiger partial charge in [-0.15, -0.1) is 5.10 Å². The van der Waals surface area contributed by atoms with Gasteiger partial charge >= 0.3 is 0 Å². The number of rotatable bonds is 5. The molecule has 0 saturated heterocycles. The Kier molecular flexibility index (Phi) is 4.33. The first-order chi connectivity index (χ1) is 8.72. The highest BCUT2D eigenvalue weighted by Crippen LogP contribution is 2.23. The lowest BCUT2D eigenvalue weighted by Gasteiger charge is -2.05. The second kappa shape index (κ2) is 5.98. The highest BCUT2D eigenvalue weighted by molar-refractivity contribution is 6.33. The minimum absolute atomic E-state index is 0.718. The molecule has 2 rings (SSSR count). The van der Waals surface area contributed by atoms with Gasteiger partial charge in [-0.2, -0.15) is 0 Å². The van der Waals surface area contributed by atoms with Crippen molar-refractivity contribution in [2.24, 2.45) is 0 Å². The average molecular weight is 265 g/mol. The van der Waals surface area contributed by atoms with Crippen LogP contribution < -0.4 is 5.32 Å². The van der Waals surface area contributed by atoms with Crippen LogP contribution in [0.1, 0.15) is 24.6 Å². The predicted molar refractivity (Wildman–Crippen MR) is 73.1 cm³/mol. The smallest absolute Gasteiger partial charge is 0.0969 e. The molecule has 0 atom stereocenters. The molecule has 0 saturated carbocycles. The van der Waals surface area contributed by atoms with Crippen molar-refractivity contribution in [2.75, 3.05) is 6.54 Å². The molecule has 0 aliphatic carbocycles. The van der Waals surface area contributed by atoms with E-state index < -0.39 is 0 Å². The Balaban J connectivity index is 2.16. The summed E-state index contributed by atoms with van der Waals surface area (Å²) in [5.74, 6) is 0. The van der Waals surface area contributed by atoms with E-state index in [9.17, 15) is 0 Å². The first kappa shape index (κ1) is 13.1. The van der Waals surface area contributed by atoms with Crippen LogP contribution in [0.4, 0.5) is 0 Å². The van der Waals surface area contributed by atoms with Crippen LogP contribution in [0, 0.1) is 6.92 Å². The Hall–Kier alpha value is -1.39. The Labute approximate surface area is 112 Å². The lowest BCUT2D eigenvalue weighted by molar-refractivity contribution is 0.662. The van der Waals surface area contributed by atoms with E-state index in [0.717, 1.165) is 41.5 Å². The van der Waals surface area contributed by atoms with Gasteiger partial charge in [0.2, 0.25) is 0 Å². The lowest BCUT2D eigenvalue weighted by Crippen LogP contribution is -2.13. The topological polar surface area (TPSA) is 42.7 Å². The fourth-order valence-electron chi connectivity index (χ4n) is 1.70. The molecule has 5 heteroatoms. The number of nitrogens with one attached hydrogen (secondary N) is 1. The van der Waals surface area contributed by atoms with Crippen LogP contribution in [0.3, 0.4) is 0 Å².